The first kappa shape index (κ1) is 15.3. The molecule has 0 fully saturated rings. The Morgan fingerprint density at radius 3 is 2.92 bits per heavy atom. The number of aromatic nitrogens is 2. The largest absolute Gasteiger partial charge is 0.467 e. The summed E-state index contributed by atoms with van der Waals surface area (Å²) in [5, 5.41) is 8.28. The lowest BCUT2D eigenvalue weighted by atomic mass is 9.87. The number of hydrogen-bond donors (Lipinski definition) is 1. The van der Waals surface area contributed by atoms with Crippen LogP contribution in [0.2, 0.25) is 10.0 Å². The van der Waals surface area contributed by atoms with Crippen LogP contribution >= 0.6 is 23.2 Å². The standard InChI is InChI=1S/C17H13Cl2N3O2/c18-14-4-3-10(6-15(14)19)12-7-16(23)21-17-13(12)8-20-22(17)9-11-2-1-5-24-11/h1-6,8,12H,7,9H2,(H,21,23). The van der Waals surface area contributed by atoms with E-state index in [1.165, 1.54) is 0 Å². The van der Waals surface area contributed by atoms with Gasteiger partial charge in [0, 0.05) is 17.9 Å². The number of rotatable bonds is 3. The van der Waals surface area contributed by atoms with Crippen molar-refractivity contribution in [2.24, 2.45) is 0 Å². The van der Waals surface area contributed by atoms with E-state index >= 15 is 0 Å². The van der Waals surface area contributed by atoms with E-state index in [1.807, 2.05) is 18.2 Å². The van der Waals surface area contributed by atoms with E-state index in [9.17, 15) is 4.79 Å². The maximum absolute atomic E-state index is 12.2. The number of hydrogen-bond acceptors (Lipinski definition) is 3. The quantitative estimate of drug-likeness (QED) is 0.756. The van der Waals surface area contributed by atoms with Crippen LogP contribution in [0.1, 0.15) is 29.2 Å². The second kappa shape index (κ2) is 6.00. The zero-order valence-corrected chi connectivity index (χ0v) is 14.0. The molecule has 0 spiro atoms. The molecular weight excluding hydrogens is 349 g/mol. The molecule has 5 nitrogen and oxygen atoms in total. The number of halogens is 2. The monoisotopic (exact) mass is 361 g/mol. The Kier molecular flexibility index (Phi) is 3.82. The lowest BCUT2D eigenvalue weighted by Crippen LogP contribution is -2.25. The number of anilines is 1. The second-order valence-corrected chi connectivity index (χ2v) is 6.48. The Morgan fingerprint density at radius 1 is 1.29 bits per heavy atom. The number of carbonyl (C=O) groups excluding carboxylic acids is 1. The molecule has 4 rings (SSSR count). The highest BCUT2D eigenvalue weighted by Crippen LogP contribution is 2.38. The number of carbonyl (C=O) groups is 1. The summed E-state index contributed by atoms with van der Waals surface area (Å²) < 4.78 is 7.09. The van der Waals surface area contributed by atoms with Crippen molar-refractivity contribution >= 4 is 34.9 Å². The normalized spacial score (nSPS) is 16.8. The van der Waals surface area contributed by atoms with Crippen molar-refractivity contribution in [1.82, 2.24) is 9.78 Å². The van der Waals surface area contributed by atoms with E-state index in [4.69, 9.17) is 27.6 Å². The number of nitrogens with zero attached hydrogens (tertiary/aromatic N) is 2. The number of benzene rings is 1. The molecular formula is C17H13Cl2N3O2. The predicted molar refractivity (Wildman–Crippen MR) is 91.6 cm³/mol. The van der Waals surface area contributed by atoms with Gasteiger partial charge in [0.15, 0.2) is 0 Å². The van der Waals surface area contributed by atoms with Crippen molar-refractivity contribution in [2.45, 2.75) is 18.9 Å². The Morgan fingerprint density at radius 2 is 2.17 bits per heavy atom. The van der Waals surface area contributed by atoms with E-state index in [-0.39, 0.29) is 11.8 Å². The van der Waals surface area contributed by atoms with Gasteiger partial charge >= 0.3 is 0 Å². The average molecular weight is 362 g/mol. The van der Waals surface area contributed by atoms with Crippen LogP contribution in [0.25, 0.3) is 0 Å². The van der Waals surface area contributed by atoms with E-state index < -0.39 is 0 Å². The van der Waals surface area contributed by atoms with Crippen LogP contribution < -0.4 is 5.32 Å². The molecule has 0 saturated carbocycles. The minimum absolute atomic E-state index is 0.0558. The van der Waals surface area contributed by atoms with Crippen LogP contribution in [0.4, 0.5) is 5.82 Å². The molecule has 3 aromatic rings. The smallest absolute Gasteiger partial charge is 0.226 e. The molecule has 2 aromatic heterocycles. The molecule has 7 heteroatoms. The molecule has 1 aromatic carbocycles. The zero-order chi connectivity index (χ0) is 16.7. The Bertz CT molecular complexity index is 903. The molecule has 24 heavy (non-hydrogen) atoms. The summed E-state index contributed by atoms with van der Waals surface area (Å²) >= 11 is 12.1. The third-order valence-electron chi connectivity index (χ3n) is 4.12. The van der Waals surface area contributed by atoms with Crippen molar-refractivity contribution < 1.29 is 9.21 Å². The molecule has 1 aliphatic heterocycles. The first-order chi connectivity index (χ1) is 11.6. The van der Waals surface area contributed by atoms with Crippen LogP contribution in [0.5, 0.6) is 0 Å². The van der Waals surface area contributed by atoms with E-state index in [1.54, 1.807) is 29.3 Å². The minimum atomic E-state index is -0.103. The Labute approximate surface area is 148 Å². The molecule has 1 unspecified atom stereocenters. The average Bonchev–Trinajstić information content (AvgIpc) is 3.20. The summed E-state index contributed by atoms with van der Waals surface area (Å²) in [5.41, 5.74) is 1.90. The molecule has 122 valence electrons. The van der Waals surface area contributed by atoms with Crippen molar-refractivity contribution in [2.75, 3.05) is 5.32 Å². The third kappa shape index (κ3) is 2.70. The predicted octanol–water partition coefficient (Wildman–Crippen LogP) is 4.31. The highest BCUT2D eigenvalue weighted by atomic mass is 35.5. The van der Waals surface area contributed by atoms with E-state index in [0.717, 1.165) is 16.9 Å². The molecule has 1 amide bonds. The fourth-order valence-electron chi connectivity index (χ4n) is 2.97. The summed E-state index contributed by atoms with van der Waals surface area (Å²) in [7, 11) is 0. The van der Waals surface area contributed by atoms with Gasteiger partial charge in [-0.15, -0.1) is 0 Å². The SMILES string of the molecule is O=C1CC(c2ccc(Cl)c(Cl)c2)c2cnn(Cc3ccco3)c2N1. The second-order valence-electron chi connectivity index (χ2n) is 5.66. The van der Waals surface area contributed by atoms with Gasteiger partial charge < -0.3 is 9.73 Å². The summed E-state index contributed by atoms with van der Waals surface area (Å²) in [6.45, 7) is 0.455. The molecule has 1 atom stereocenters. The van der Waals surface area contributed by atoms with Crippen molar-refractivity contribution in [3.63, 3.8) is 0 Å². The summed E-state index contributed by atoms with van der Waals surface area (Å²) in [6, 6.07) is 9.14. The van der Waals surface area contributed by atoms with E-state index in [2.05, 4.69) is 10.4 Å². The van der Waals surface area contributed by atoms with Crippen molar-refractivity contribution in [3.05, 3.63) is 69.7 Å². The minimum Gasteiger partial charge on any atom is -0.467 e. The van der Waals surface area contributed by atoms with Crippen LogP contribution in [-0.2, 0) is 11.3 Å². The molecule has 0 radical (unpaired) electrons. The lowest BCUT2D eigenvalue weighted by Gasteiger charge is -2.24. The molecule has 1 aliphatic rings. The Hall–Kier alpha value is -2.24. The van der Waals surface area contributed by atoms with Gasteiger partial charge in [0.05, 0.1) is 22.5 Å². The maximum atomic E-state index is 12.2. The molecule has 1 N–H and O–H groups in total. The van der Waals surface area contributed by atoms with Crippen LogP contribution in [-0.4, -0.2) is 15.7 Å². The fraction of sp³-hybridized carbons (Fsp3) is 0.176. The zero-order valence-electron chi connectivity index (χ0n) is 12.5. The van der Waals surface area contributed by atoms with Crippen molar-refractivity contribution in [3.8, 4) is 0 Å². The van der Waals surface area contributed by atoms with Crippen LogP contribution in [0.15, 0.2) is 47.2 Å². The topological polar surface area (TPSA) is 60.1 Å². The lowest BCUT2D eigenvalue weighted by molar-refractivity contribution is -0.116. The van der Waals surface area contributed by atoms with Gasteiger partial charge in [-0.1, -0.05) is 29.3 Å². The van der Waals surface area contributed by atoms with E-state index in [0.29, 0.717) is 28.8 Å². The number of furan rings is 1. The molecule has 0 saturated heterocycles. The van der Waals surface area contributed by atoms with Gasteiger partial charge in [-0.2, -0.15) is 5.10 Å². The number of fused-ring (bicyclic) bond motifs is 1. The highest BCUT2D eigenvalue weighted by Gasteiger charge is 2.30. The van der Waals surface area contributed by atoms with Gasteiger partial charge in [0.2, 0.25) is 5.91 Å². The fourth-order valence-corrected chi connectivity index (χ4v) is 3.27. The molecule has 3 heterocycles. The van der Waals surface area contributed by atoms with Gasteiger partial charge in [-0.25, -0.2) is 4.68 Å². The van der Waals surface area contributed by atoms with Crippen LogP contribution in [0, 0.1) is 0 Å². The number of nitrogens with one attached hydrogen (secondary N) is 1. The number of amides is 1. The summed E-state index contributed by atoms with van der Waals surface area (Å²) in [5.74, 6) is 1.30. The highest BCUT2D eigenvalue weighted by molar-refractivity contribution is 6.42. The third-order valence-corrected chi connectivity index (χ3v) is 4.86. The Balaban J connectivity index is 1.73. The first-order valence-corrected chi connectivity index (χ1v) is 8.20. The summed E-state index contributed by atoms with van der Waals surface area (Å²) in [6.07, 6.45) is 3.74. The summed E-state index contributed by atoms with van der Waals surface area (Å²) in [4.78, 5) is 12.2. The van der Waals surface area contributed by atoms with Gasteiger partial charge in [0.1, 0.15) is 18.1 Å². The van der Waals surface area contributed by atoms with Gasteiger partial charge in [-0.05, 0) is 29.8 Å². The van der Waals surface area contributed by atoms with Crippen molar-refractivity contribution in [1.29, 1.82) is 0 Å². The first-order valence-electron chi connectivity index (χ1n) is 7.44. The van der Waals surface area contributed by atoms with Gasteiger partial charge in [-0.3, -0.25) is 4.79 Å². The van der Waals surface area contributed by atoms with Gasteiger partial charge in [0.25, 0.3) is 0 Å². The maximum Gasteiger partial charge on any atom is 0.226 e. The van der Waals surface area contributed by atoms with Crippen LogP contribution in [0.3, 0.4) is 0 Å². The molecule has 0 aliphatic carbocycles. The molecule has 0 bridgehead atoms.